The lowest BCUT2D eigenvalue weighted by atomic mass is 10.0. The van der Waals surface area contributed by atoms with E-state index in [4.69, 9.17) is 4.74 Å². The van der Waals surface area contributed by atoms with Gasteiger partial charge in [-0.2, -0.15) is 0 Å². The van der Waals surface area contributed by atoms with Crippen molar-refractivity contribution in [2.75, 3.05) is 20.3 Å². The summed E-state index contributed by atoms with van der Waals surface area (Å²) < 4.78 is 33.3. The summed E-state index contributed by atoms with van der Waals surface area (Å²) in [4.78, 5) is 0. The Hall–Kier alpha value is -0.520. The highest BCUT2D eigenvalue weighted by Gasteiger charge is 2.21. The summed E-state index contributed by atoms with van der Waals surface area (Å²) in [6.07, 6.45) is 2.30. The fourth-order valence-corrected chi connectivity index (χ4v) is 2.31. The van der Waals surface area contributed by atoms with Crippen LogP contribution in [0.15, 0.2) is 16.6 Å². The van der Waals surface area contributed by atoms with Crippen LogP contribution < -0.4 is 5.32 Å². The molecule has 2 nitrogen and oxygen atoms in total. The Morgan fingerprint density at radius 1 is 1.37 bits per heavy atom. The third kappa shape index (κ3) is 4.82. The van der Waals surface area contributed by atoms with Gasteiger partial charge in [0.25, 0.3) is 0 Å². The van der Waals surface area contributed by atoms with Gasteiger partial charge in [0.05, 0.1) is 4.47 Å². The van der Waals surface area contributed by atoms with Crippen molar-refractivity contribution in [1.29, 1.82) is 0 Å². The van der Waals surface area contributed by atoms with Crippen LogP contribution in [0.2, 0.25) is 0 Å². The summed E-state index contributed by atoms with van der Waals surface area (Å²) in [6, 6.07) is 2.35. The molecular weight excluding hydrogens is 316 g/mol. The molecule has 19 heavy (non-hydrogen) atoms. The van der Waals surface area contributed by atoms with Crippen LogP contribution in [-0.4, -0.2) is 20.3 Å². The van der Waals surface area contributed by atoms with Crippen LogP contribution in [0.3, 0.4) is 0 Å². The maximum absolute atomic E-state index is 14.1. The standard InChI is InChI=1S/C14H20BrF2NO/c1-3-8-18-12(5-4-9-19-2)13-11(16)7-6-10(15)14(13)17/h6-7,12,18H,3-5,8-9H2,1-2H3. The number of halogens is 3. The first kappa shape index (κ1) is 16.5. The van der Waals surface area contributed by atoms with Crippen molar-refractivity contribution < 1.29 is 13.5 Å². The van der Waals surface area contributed by atoms with E-state index in [2.05, 4.69) is 21.2 Å². The molecule has 1 aromatic carbocycles. The van der Waals surface area contributed by atoms with E-state index in [0.717, 1.165) is 19.4 Å². The third-order valence-electron chi connectivity index (χ3n) is 2.91. The molecule has 1 rings (SSSR count). The lowest BCUT2D eigenvalue weighted by Crippen LogP contribution is -2.24. The van der Waals surface area contributed by atoms with Crippen LogP contribution >= 0.6 is 15.9 Å². The molecule has 0 aliphatic rings. The van der Waals surface area contributed by atoms with Crippen LogP contribution in [0.5, 0.6) is 0 Å². The molecule has 5 heteroatoms. The lowest BCUT2D eigenvalue weighted by Gasteiger charge is -2.20. The molecule has 108 valence electrons. The van der Waals surface area contributed by atoms with Crippen LogP contribution in [0.4, 0.5) is 8.78 Å². The number of rotatable bonds is 8. The molecule has 0 amide bonds. The monoisotopic (exact) mass is 335 g/mol. The molecule has 0 spiro atoms. The minimum atomic E-state index is -0.522. The van der Waals surface area contributed by atoms with Gasteiger partial charge in [-0.25, -0.2) is 8.78 Å². The third-order valence-corrected chi connectivity index (χ3v) is 3.52. The molecule has 0 saturated carbocycles. The molecule has 0 bridgehead atoms. The van der Waals surface area contributed by atoms with E-state index in [9.17, 15) is 8.78 Å². The summed E-state index contributed by atoms with van der Waals surface area (Å²) >= 11 is 3.10. The normalized spacial score (nSPS) is 12.7. The van der Waals surface area contributed by atoms with E-state index in [1.165, 1.54) is 12.1 Å². The molecule has 1 unspecified atom stereocenters. The molecule has 1 aromatic rings. The SMILES string of the molecule is CCCNC(CCCOC)c1c(F)ccc(Br)c1F. The Balaban J connectivity index is 2.92. The second-order valence-electron chi connectivity index (χ2n) is 4.40. The van der Waals surface area contributed by atoms with Crippen LogP contribution in [0.1, 0.15) is 37.8 Å². The second kappa shape index (κ2) is 8.61. The number of ether oxygens (including phenoxy) is 1. The van der Waals surface area contributed by atoms with Crippen LogP contribution in [-0.2, 0) is 4.74 Å². The van der Waals surface area contributed by atoms with E-state index in [1.807, 2.05) is 6.92 Å². The van der Waals surface area contributed by atoms with Gasteiger partial charge < -0.3 is 10.1 Å². The summed E-state index contributed by atoms with van der Waals surface area (Å²) in [5.41, 5.74) is 0.110. The molecule has 0 saturated heterocycles. The fourth-order valence-electron chi connectivity index (χ4n) is 1.96. The van der Waals surface area contributed by atoms with Crippen molar-refractivity contribution in [3.63, 3.8) is 0 Å². The average Bonchev–Trinajstić information content (AvgIpc) is 2.40. The van der Waals surface area contributed by atoms with E-state index < -0.39 is 11.6 Å². The smallest absolute Gasteiger partial charge is 0.145 e. The number of methoxy groups -OCH3 is 1. The van der Waals surface area contributed by atoms with Gasteiger partial charge in [-0.05, 0) is 53.9 Å². The number of hydrogen-bond acceptors (Lipinski definition) is 2. The zero-order valence-electron chi connectivity index (χ0n) is 11.3. The summed E-state index contributed by atoms with van der Waals surface area (Å²) in [7, 11) is 1.62. The molecular formula is C14H20BrF2NO. The number of hydrogen-bond donors (Lipinski definition) is 1. The summed E-state index contributed by atoms with van der Waals surface area (Å²) in [5, 5.41) is 3.20. The topological polar surface area (TPSA) is 21.3 Å². The van der Waals surface area contributed by atoms with Crippen LogP contribution in [0.25, 0.3) is 0 Å². The van der Waals surface area contributed by atoms with Gasteiger partial charge in [0.2, 0.25) is 0 Å². The van der Waals surface area contributed by atoms with Gasteiger partial charge in [-0.1, -0.05) is 6.92 Å². The van der Waals surface area contributed by atoms with E-state index in [-0.39, 0.29) is 11.6 Å². The zero-order chi connectivity index (χ0) is 14.3. The van der Waals surface area contributed by atoms with Crippen molar-refractivity contribution in [3.8, 4) is 0 Å². The predicted octanol–water partition coefficient (Wildman–Crippen LogP) is 4.19. The van der Waals surface area contributed by atoms with E-state index >= 15 is 0 Å². The largest absolute Gasteiger partial charge is 0.385 e. The maximum Gasteiger partial charge on any atom is 0.145 e. The Labute approximate surface area is 121 Å². The van der Waals surface area contributed by atoms with Crippen molar-refractivity contribution in [2.24, 2.45) is 0 Å². The van der Waals surface area contributed by atoms with Crippen molar-refractivity contribution in [2.45, 2.75) is 32.2 Å². The molecule has 1 atom stereocenters. The van der Waals surface area contributed by atoms with Gasteiger partial charge in [0.15, 0.2) is 0 Å². The average molecular weight is 336 g/mol. The Morgan fingerprint density at radius 2 is 2.11 bits per heavy atom. The van der Waals surface area contributed by atoms with Gasteiger partial charge >= 0.3 is 0 Å². The Morgan fingerprint density at radius 3 is 2.74 bits per heavy atom. The van der Waals surface area contributed by atoms with Crippen molar-refractivity contribution in [3.05, 3.63) is 33.8 Å². The minimum Gasteiger partial charge on any atom is -0.385 e. The van der Waals surface area contributed by atoms with Gasteiger partial charge in [0.1, 0.15) is 11.6 Å². The minimum absolute atomic E-state index is 0.110. The highest BCUT2D eigenvalue weighted by atomic mass is 79.9. The fraction of sp³-hybridized carbons (Fsp3) is 0.571. The number of benzene rings is 1. The Kier molecular flexibility index (Phi) is 7.49. The first-order valence-electron chi connectivity index (χ1n) is 6.47. The van der Waals surface area contributed by atoms with Gasteiger partial charge in [-0.15, -0.1) is 0 Å². The van der Waals surface area contributed by atoms with E-state index in [0.29, 0.717) is 17.5 Å². The molecule has 0 fully saturated rings. The highest BCUT2D eigenvalue weighted by molar-refractivity contribution is 9.10. The molecule has 0 radical (unpaired) electrons. The van der Waals surface area contributed by atoms with Crippen molar-refractivity contribution >= 4 is 15.9 Å². The first-order valence-corrected chi connectivity index (χ1v) is 7.26. The molecule has 0 heterocycles. The molecule has 0 aliphatic heterocycles. The number of nitrogens with one attached hydrogen (secondary N) is 1. The zero-order valence-corrected chi connectivity index (χ0v) is 12.9. The summed E-state index contributed by atoms with van der Waals surface area (Å²) in [5.74, 6) is -1.03. The highest BCUT2D eigenvalue weighted by Crippen LogP contribution is 2.29. The van der Waals surface area contributed by atoms with Crippen molar-refractivity contribution in [1.82, 2.24) is 5.32 Å². The lowest BCUT2D eigenvalue weighted by molar-refractivity contribution is 0.188. The molecule has 0 aromatic heterocycles. The predicted molar refractivity (Wildman–Crippen MR) is 76.2 cm³/mol. The maximum atomic E-state index is 14.1. The quantitative estimate of drug-likeness (QED) is 0.568. The summed E-state index contributed by atoms with van der Waals surface area (Å²) in [6.45, 7) is 3.33. The van der Waals surface area contributed by atoms with Gasteiger partial charge in [0, 0.05) is 25.3 Å². The Bertz CT molecular complexity index is 401. The molecule has 0 aliphatic carbocycles. The molecule has 1 N–H and O–H groups in total. The van der Waals surface area contributed by atoms with Crippen LogP contribution in [0, 0.1) is 11.6 Å². The van der Waals surface area contributed by atoms with Gasteiger partial charge in [-0.3, -0.25) is 0 Å². The van der Waals surface area contributed by atoms with E-state index in [1.54, 1.807) is 7.11 Å². The first-order chi connectivity index (χ1) is 9.11. The second-order valence-corrected chi connectivity index (χ2v) is 5.25.